The Balaban J connectivity index is 1.41. The number of halogens is 3. The number of benzene rings is 1. The summed E-state index contributed by atoms with van der Waals surface area (Å²) in [4.78, 5) is 6.32. The van der Waals surface area contributed by atoms with E-state index >= 15 is 0 Å². The summed E-state index contributed by atoms with van der Waals surface area (Å²) in [6, 6.07) is 11.1. The zero-order chi connectivity index (χ0) is 24.2. The number of likely N-dealkylation sites (tertiary alicyclic amines) is 1. The summed E-state index contributed by atoms with van der Waals surface area (Å²) in [5, 5.41) is 9.53. The maximum atomic E-state index is 14.2. The molecule has 2 N–H and O–H groups in total. The summed E-state index contributed by atoms with van der Waals surface area (Å²) in [5.74, 6) is 1.25. The van der Waals surface area contributed by atoms with Gasteiger partial charge in [-0.25, -0.2) is 4.98 Å². The maximum Gasteiger partial charge on any atom is 0.408 e. The Morgan fingerprint density at radius 1 is 1.03 bits per heavy atom. The van der Waals surface area contributed by atoms with E-state index in [1.807, 2.05) is 24.3 Å². The average Bonchev–Trinajstić information content (AvgIpc) is 3.42. The van der Waals surface area contributed by atoms with Crippen LogP contribution in [0.5, 0.6) is 0 Å². The Hall–Kier alpha value is -3.04. The quantitative estimate of drug-likeness (QED) is 0.424. The second-order valence-electron chi connectivity index (χ2n) is 9.87. The van der Waals surface area contributed by atoms with Crippen LogP contribution in [0.2, 0.25) is 0 Å². The first-order valence-corrected chi connectivity index (χ1v) is 12.2. The minimum atomic E-state index is -4.43. The lowest BCUT2D eigenvalue weighted by Gasteiger charge is -2.30. The molecule has 0 radical (unpaired) electrons. The van der Waals surface area contributed by atoms with Crippen LogP contribution in [0.25, 0.3) is 28.1 Å². The molecule has 2 aliphatic rings. The summed E-state index contributed by atoms with van der Waals surface area (Å²) >= 11 is 0. The Kier molecular flexibility index (Phi) is 5.49. The third-order valence-electron chi connectivity index (χ3n) is 7.22. The molecule has 4 heterocycles. The summed E-state index contributed by atoms with van der Waals surface area (Å²) in [5.41, 5.74) is 9.23. The van der Waals surface area contributed by atoms with Gasteiger partial charge in [0.2, 0.25) is 0 Å². The Morgan fingerprint density at radius 3 is 2.63 bits per heavy atom. The van der Waals surface area contributed by atoms with E-state index in [0.29, 0.717) is 30.1 Å². The largest absolute Gasteiger partial charge is 0.408 e. The van der Waals surface area contributed by atoms with Gasteiger partial charge >= 0.3 is 6.18 Å². The predicted molar refractivity (Wildman–Crippen MR) is 128 cm³/mol. The minimum Gasteiger partial charge on any atom is -0.326 e. The minimum absolute atomic E-state index is 0.145. The van der Waals surface area contributed by atoms with Crippen molar-refractivity contribution in [1.29, 1.82) is 0 Å². The van der Waals surface area contributed by atoms with Crippen molar-refractivity contribution >= 4 is 16.6 Å². The van der Waals surface area contributed by atoms with E-state index < -0.39 is 12.2 Å². The molecule has 3 aromatic heterocycles. The van der Waals surface area contributed by atoms with Gasteiger partial charge in [0, 0.05) is 30.7 Å². The van der Waals surface area contributed by atoms with Crippen molar-refractivity contribution < 1.29 is 13.2 Å². The summed E-state index contributed by atoms with van der Waals surface area (Å²) in [7, 11) is 0. The number of rotatable bonds is 6. The molecule has 0 spiro atoms. The highest BCUT2D eigenvalue weighted by Crippen LogP contribution is 2.39. The number of pyridine rings is 2. The van der Waals surface area contributed by atoms with Crippen LogP contribution in [0.3, 0.4) is 0 Å². The zero-order valence-electron chi connectivity index (χ0n) is 19.2. The highest BCUT2D eigenvalue weighted by Gasteiger charge is 2.46. The Bertz CT molecular complexity index is 1380. The van der Waals surface area contributed by atoms with Gasteiger partial charge in [-0.05, 0) is 48.4 Å². The van der Waals surface area contributed by atoms with Crippen LogP contribution in [0.15, 0.2) is 48.7 Å². The van der Waals surface area contributed by atoms with Crippen molar-refractivity contribution in [3.8, 4) is 11.5 Å². The molecule has 182 valence electrons. The molecule has 35 heavy (non-hydrogen) atoms. The smallest absolute Gasteiger partial charge is 0.326 e. The van der Waals surface area contributed by atoms with Crippen molar-refractivity contribution in [3.63, 3.8) is 0 Å². The van der Waals surface area contributed by atoms with Crippen LogP contribution in [0.1, 0.15) is 42.9 Å². The number of nitrogens with zero attached hydrogens (tertiary/aromatic N) is 5. The van der Waals surface area contributed by atoms with Gasteiger partial charge in [-0.1, -0.05) is 43.2 Å². The van der Waals surface area contributed by atoms with Crippen molar-refractivity contribution in [3.05, 3.63) is 59.8 Å². The zero-order valence-corrected chi connectivity index (χ0v) is 19.2. The molecular formula is C26H27F3N6. The maximum absolute atomic E-state index is 14.2. The predicted octanol–water partition coefficient (Wildman–Crippen LogP) is 4.92. The van der Waals surface area contributed by atoms with Crippen molar-refractivity contribution in [1.82, 2.24) is 24.5 Å². The van der Waals surface area contributed by atoms with Gasteiger partial charge in [0.25, 0.3) is 0 Å². The van der Waals surface area contributed by atoms with Gasteiger partial charge in [0.15, 0.2) is 11.5 Å². The third-order valence-corrected chi connectivity index (χ3v) is 7.22. The molecule has 1 saturated heterocycles. The topological polar surface area (TPSA) is 72.3 Å². The number of hydrogen-bond donors (Lipinski definition) is 1. The van der Waals surface area contributed by atoms with Gasteiger partial charge in [-0.2, -0.15) is 13.2 Å². The lowest BCUT2D eigenvalue weighted by Crippen LogP contribution is -2.38. The molecule has 6 nitrogen and oxygen atoms in total. The highest BCUT2D eigenvalue weighted by molar-refractivity contribution is 5.84. The SMILES string of the molecule is N[C@H]1CCN([C@@H](c2ccc3nnc(-c4ccc5cccc(CCC6CC6)c5n4)n3c2)C(F)(F)F)C1. The fourth-order valence-corrected chi connectivity index (χ4v) is 5.20. The molecule has 2 fully saturated rings. The molecule has 9 heteroatoms. The van der Waals surface area contributed by atoms with Crippen molar-refractivity contribution in [2.45, 2.75) is 50.4 Å². The first-order chi connectivity index (χ1) is 16.9. The van der Waals surface area contributed by atoms with E-state index in [4.69, 9.17) is 10.7 Å². The van der Waals surface area contributed by atoms with Crippen molar-refractivity contribution in [2.75, 3.05) is 13.1 Å². The van der Waals surface area contributed by atoms with Crippen LogP contribution < -0.4 is 5.73 Å². The molecule has 0 unspecified atom stereocenters. The molecule has 4 aromatic rings. The second-order valence-corrected chi connectivity index (χ2v) is 9.87. The lowest BCUT2D eigenvalue weighted by molar-refractivity contribution is -0.183. The average molecular weight is 481 g/mol. The fraction of sp³-hybridized carbons (Fsp3) is 0.423. The number of alkyl halides is 3. The van der Waals surface area contributed by atoms with Gasteiger partial charge < -0.3 is 5.73 Å². The molecule has 6 rings (SSSR count). The highest BCUT2D eigenvalue weighted by atomic mass is 19.4. The van der Waals surface area contributed by atoms with E-state index in [-0.39, 0.29) is 18.2 Å². The molecule has 0 bridgehead atoms. The van der Waals surface area contributed by atoms with Crippen molar-refractivity contribution in [2.24, 2.45) is 11.7 Å². The monoisotopic (exact) mass is 480 g/mol. The van der Waals surface area contributed by atoms with Gasteiger partial charge in [-0.15, -0.1) is 10.2 Å². The summed E-state index contributed by atoms with van der Waals surface area (Å²) in [6.45, 7) is 0.529. The van der Waals surface area contributed by atoms with Gasteiger partial charge in [0.1, 0.15) is 11.7 Å². The lowest BCUT2D eigenvalue weighted by atomic mass is 10.0. The Morgan fingerprint density at radius 2 is 1.89 bits per heavy atom. The van der Waals surface area contributed by atoms with Gasteiger partial charge in [0.05, 0.1) is 5.52 Å². The molecule has 0 amide bonds. The fourth-order valence-electron chi connectivity index (χ4n) is 5.20. The summed E-state index contributed by atoms with van der Waals surface area (Å²) in [6.07, 6.45) is 2.35. The number of aromatic nitrogens is 4. The first-order valence-electron chi connectivity index (χ1n) is 12.2. The molecule has 1 aliphatic carbocycles. The molecule has 1 aromatic carbocycles. The molecular weight excluding hydrogens is 453 g/mol. The number of para-hydroxylation sites is 1. The standard InChI is InChI=1S/C26H27F3N6/c27-26(28,29)24(34-13-12-20(30)15-34)19-9-11-22-32-33-25(35(22)14-19)21-10-8-18-3-1-2-17(23(18)31-21)7-6-16-4-5-16/h1-3,8-11,14,16,20,24H,4-7,12-13,15,30H2/t20-,24-/m0/s1. The van der Waals surface area contributed by atoms with Crippen LogP contribution in [0, 0.1) is 5.92 Å². The second kappa shape index (κ2) is 8.57. The van der Waals surface area contributed by atoms with E-state index in [2.05, 4.69) is 16.3 Å². The number of hydrogen-bond acceptors (Lipinski definition) is 5. The molecule has 1 saturated carbocycles. The van der Waals surface area contributed by atoms with E-state index in [1.165, 1.54) is 35.6 Å². The van der Waals surface area contributed by atoms with Crippen LogP contribution >= 0.6 is 0 Å². The van der Waals surface area contributed by atoms with E-state index in [0.717, 1.165) is 29.7 Å². The van der Waals surface area contributed by atoms with Crippen LogP contribution in [0.4, 0.5) is 13.2 Å². The number of fused-ring (bicyclic) bond motifs is 2. The first kappa shape index (κ1) is 22.4. The normalized spacial score (nSPS) is 20.2. The number of aryl methyl sites for hydroxylation is 1. The Labute approximate surface area is 201 Å². The van der Waals surface area contributed by atoms with Crippen LogP contribution in [-0.4, -0.2) is 49.8 Å². The number of nitrogens with two attached hydrogens (primary N) is 1. The van der Waals surface area contributed by atoms with E-state index in [9.17, 15) is 13.2 Å². The molecule has 2 atom stereocenters. The third kappa shape index (κ3) is 4.38. The van der Waals surface area contributed by atoms with E-state index in [1.54, 1.807) is 10.5 Å². The molecule has 1 aliphatic heterocycles. The summed E-state index contributed by atoms with van der Waals surface area (Å²) < 4.78 is 44.1. The van der Waals surface area contributed by atoms with Crippen LogP contribution in [-0.2, 0) is 6.42 Å². The van der Waals surface area contributed by atoms with Gasteiger partial charge in [-0.3, -0.25) is 9.30 Å².